The molecule has 0 aliphatic carbocycles. The number of imidazole rings is 1. The summed E-state index contributed by atoms with van der Waals surface area (Å²) < 4.78 is 8.25. The Hall–Kier alpha value is -2.82. The number of aryl methyl sites for hydroxylation is 1. The number of benzene rings is 2. The molecule has 0 saturated heterocycles. The summed E-state index contributed by atoms with van der Waals surface area (Å²) in [6, 6.07) is 14.3. The van der Waals surface area contributed by atoms with E-state index in [0.29, 0.717) is 32.5 Å². The summed E-state index contributed by atoms with van der Waals surface area (Å²) in [7, 11) is 0. The molecular weight excluding hydrogens is 350 g/mol. The second-order valence-electron chi connectivity index (χ2n) is 7.06. The summed E-state index contributed by atoms with van der Waals surface area (Å²) in [6.07, 6.45) is 2.13. The van der Waals surface area contributed by atoms with Crippen molar-refractivity contribution in [2.24, 2.45) is 0 Å². The van der Waals surface area contributed by atoms with Gasteiger partial charge in [-0.1, -0.05) is 31.2 Å². The van der Waals surface area contributed by atoms with E-state index in [9.17, 15) is 4.79 Å². The predicted molar refractivity (Wildman–Crippen MR) is 113 cm³/mol. The number of para-hydroxylation sites is 2. The van der Waals surface area contributed by atoms with Crippen LogP contribution in [-0.4, -0.2) is 28.6 Å². The van der Waals surface area contributed by atoms with E-state index in [1.54, 1.807) is 0 Å². The van der Waals surface area contributed by atoms with Crippen molar-refractivity contribution in [3.8, 4) is 5.75 Å². The number of aromatic nitrogens is 2. The third kappa shape index (κ3) is 4.71. The van der Waals surface area contributed by atoms with Crippen LogP contribution in [0.15, 0.2) is 42.5 Å². The molecule has 1 heterocycles. The highest BCUT2D eigenvalue weighted by atomic mass is 16.5. The minimum Gasteiger partial charge on any atom is -0.491 e. The molecule has 5 nitrogen and oxygen atoms in total. The molecule has 3 rings (SSSR count). The molecule has 0 fully saturated rings. The molecule has 0 aliphatic rings. The zero-order valence-electron chi connectivity index (χ0n) is 17.0. The lowest BCUT2D eigenvalue weighted by Gasteiger charge is -2.13. The number of rotatable bonds is 9. The minimum atomic E-state index is 0.100. The van der Waals surface area contributed by atoms with Gasteiger partial charge in [-0.25, -0.2) is 4.98 Å². The van der Waals surface area contributed by atoms with Crippen LogP contribution in [0.4, 0.5) is 0 Å². The molecule has 2 aromatic carbocycles. The van der Waals surface area contributed by atoms with Crippen molar-refractivity contribution in [1.82, 2.24) is 14.9 Å². The average Bonchev–Trinajstić information content (AvgIpc) is 3.03. The Bertz CT molecular complexity index is 946. The van der Waals surface area contributed by atoms with Crippen molar-refractivity contribution in [3.05, 3.63) is 59.4 Å². The molecule has 0 bridgehead atoms. The standard InChI is InChI=1S/C23H29N3O2/c1-4-8-23(27)24-14-13-22-25-19-10-5-6-11-20(19)26(22)15-16-28-21-12-7-9-17(2)18(21)3/h5-7,9-12H,4,8,13-16H2,1-3H3,(H,24,27). The second-order valence-corrected chi connectivity index (χ2v) is 7.06. The Morgan fingerprint density at radius 2 is 1.96 bits per heavy atom. The summed E-state index contributed by atoms with van der Waals surface area (Å²) in [6.45, 7) is 8.07. The Balaban J connectivity index is 1.70. The normalized spacial score (nSPS) is 11.0. The average molecular weight is 380 g/mol. The maximum absolute atomic E-state index is 11.7. The second kappa shape index (κ2) is 9.40. The molecule has 0 spiro atoms. The SMILES string of the molecule is CCCC(=O)NCCc1nc2ccccc2n1CCOc1cccc(C)c1C. The lowest BCUT2D eigenvalue weighted by Crippen LogP contribution is -2.26. The fourth-order valence-electron chi connectivity index (χ4n) is 3.32. The van der Waals surface area contributed by atoms with Crippen LogP contribution in [0.5, 0.6) is 5.75 Å². The van der Waals surface area contributed by atoms with Crippen LogP contribution >= 0.6 is 0 Å². The van der Waals surface area contributed by atoms with Gasteiger partial charge in [0.15, 0.2) is 0 Å². The zero-order valence-corrected chi connectivity index (χ0v) is 17.0. The number of ether oxygens (including phenoxy) is 1. The molecule has 5 heteroatoms. The molecule has 1 N–H and O–H groups in total. The van der Waals surface area contributed by atoms with E-state index < -0.39 is 0 Å². The molecule has 1 amide bonds. The first-order valence-corrected chi connectivity index (χ1v) is 10.00. The predicted octanol–water partition coefficient (Wildman–Crippen LogP) is 4.19. The van der Waals surface area contributed by atoms with E-state index in [1.807, 2.05) is 37.3 Å². The quantitative estimate of drug-likeness (QED) is 0.606. The number of hydrogen-bond acceptors (Lipinski definition) is 3. The van der Waals surface area contributed by atoms with E-state index in [0.717, 1.165) is 29.0 Å². The summed E-state index contributed by atoms with van der Waals surface area (Å²) in [5.74, 6) is 2.00. The Labute approximate surface area is 166 Å². The van der Waals surface area contributed by atoms with Gasteiger partial charge in [0.25, 0.3) is 0 Å². The van der Waals surface area contributed by atoms with Crippen LogP contribution in [0.25, 0.3) is 11.0 Å². The molecule has 0 aliphatic heterocycles. The first kappa shape index (κ1) is 19.9. The van der Waals surface area contributed by atoms with Crippen molar-refractivity contribution in [1.29, 1.82) is 0 Å². The first-order chi connectivity index (χ1) is 13.6. The number of nitrogens with one attached hydrogen (secondary N) is 1. The highest BCUT2D eigenvalue weighted by Gasteiger charge is 2.11. The van der Waals surface area contributed by atoms with Gasteiger partial charge in [0.1, 0.15) is 18.2 Å². The zero-order chi connectivity index (χ0) is 19.9. The maximum atomic E-state index is 11.7. The number of carbonyl (C=O) groups excluding carboxylic acids is 1. The minimum absolute atomic E-state index is 0.100. The molecule has 148 valence electrons. The number of amides is 1. The molecule has 3 aromatic rings. The largest absolute Gasteiger partial charge is 0.491 e. The highest BCUT2D eigenvalue weighted by molar-refractivity contribution is 5.76. The van der Waals surface area contributed by atoms with Crippen LogP contribution in [0.3, 0.4) is 0 Å². The molecule has 0 radical (unpaired) electrons. The van der Waals surface area contributed by atoms with Gasteiger partial charge in [-0.2, -0.15) is 0 Å². The maximum Gasteiger partial charge on any atom is 0.219 e. The van der Waals surface area contributed by atoms with Crippen LogP contribution in [-0.2, 0) is 17.8 Å². The van der Waals surface area contributed by atoms with Crippen LogP contribution < -0.4 is 10.1 Å². The highest BCUT2D eigenvalue weighted by Crippen LogP contribution is 2.21. The van der Waals surface area contributed by atoms with Crippen LogP contribution in [0.1, 0.15) is 36.7 Å². The first-order valence-electron chi connectivity index (χ1n) is 10.00. The number of hydrogen-bond donors (Lipinski definition) is 1. The molecular formula is C23H29N3O2. The Kier molecular flexibility index (Phi) is 6.69. The van der Waals surface area contributed by atoms with Gasteiger partial charge in [-0.15, -0.1) is 0 Å². The third-order valence-corrected chi connectivity index (χ3v) is 5.01. The fourth-order valence-corrected chi connectivity index (χ4v) is 3.32. The molecule has 0 unspecified atom stereocenters. The van der Waals surface area contributed by atoms with E-state index in [-0.39, 0.29) is 5.91 Å². The van der Waals surface area contributed by atoms with Crippen LogP contribution in [0.2, 0.25) is 0 Å². The Morgan fingerprint density at radius 1 is 1.14 bits per heavy atom. The lowest BCUT2D eigenvalue weighted by molar-refractivity contribution is -0.121. The number of carbonyl (C=O) groups is 1. The number of fused-ring (bicyclic) bond motifs is 1. The van der Waals surface area contributed by atoms with Crippen molar-refractivity contribution in [3.63, 3.8) is 0 Å². The molecule has 0 atom stereocenters. The van der Waals surface area contributed by atoms with Gasteiger partial charge in [0, 0.05) is 19.4 Å². The van der Waals surface area contributed by atoms with Gasteiger partial charge < -0.3 is 14.6 Å². The lowest BCUT2D eigenvalue weighted by atomic mass is 10.1. The van der Waals surface area contributed by atoms with Crippen molar-refractivity contribution in [2.75, 3.05) is 13.2 Å². The summed E-state index contributed by atoms with van der Waals surface area (Å²) in [5, 5.41) is 2.98. The van der Waals surface area contributed by atoms with Gasteiger partial charge in [-0.05, 0) is 49.6 Å². The smallest absolute Gasteiger partial charge is 0.219 e. The topological polar surface area (TPSA) is 56.2 Å². The van der Waals surface area contributed by atoms with Gasteiger partial charge in [-0.3, -0.25) is 4.79 Å². The molecule has 28 heavy (non-hydrogen) atoms. The van der Waals surface area contributed by atoms with Crippen molar-refractivity contribution >= 4 is 16.9 Å². The molecule has 0 saturated carbocycles. The van der Waals surface area contributed by atoms with Crippen LogP contribution in [0, 0.1) is 13.8 Å². The van der Waals surface area contributed by atoms with Gasteiger partial charge in [0.05, 0.1) is 17.6 Å². The third-order valence-electron chi connectivity index (χ3n) is 5.01. The Morgan fingerprint density at radius 3 is 2.79 bits per heavy atom. The van der Waals surface area contributed by atoms with Crippen molar-refractivity contribution < 1.29 is 9.53 Å². The summed E-state index contributed by atoms with van der Waals surface area (Å²) in [4.78, 5) is 16.5. The van der Waals surface area contributed by atoms with E-state index >= 15 is 0 Å². The van der Waals surface area contributed by atoms with E-state index in [2.05, 4.69) is 35.9 Å². The monoisotopic (exact) mass is 379 g/mol. The van der Waals surface area contributed by atoms with Crippen molar-refractivity contribution in [2.45, 2.75) is 46.6 Å². The van der Waals surface area contributed by atoms with Gasteiger partial charge in [0.2, 0.25) is 5.91 Å². The van der Waals surface area contributed by atoms with E-state index in [1.165, 1.54) is 11.1 Å². The summed E-state index contributed by atoms with van der Waals surface area (Å²) in [5.41, 5.74) is 4.48. The number of nitrogens with zero attached hydrogens (tertiary/aromatic N) is 2. The summed E-state index contributed by atoms with van der Waals surface area (Å²) >= 11 is 0. The fraction of sp³-hybridized carbons (Fsp3) is 0.391. The van der Waals surface area contributed by atoms with Gasteiger partial charge >= 0.3 is 0 Å². The molecule has 1 aromatic heterocycles. The van der Waals surface area contributed by atoms with E-state index in [4.69, 9.17) is 9.72 Å².